The molecule has 4 rings (SSSR count). The molecule has 7 nitrogen and oxygen atoms in total. The maximum Gasteiger partial charge on any atom is 0.220 e. The molecule has 1 saturated heterocycles. The highest BCUT2D eigenvalue weighted by Gasteiger charge is 2.23. The predicted octanol–water partition coefficient (Wildman–Crippen LogP) is 0.860. The van der Waals surface area contributed by atoms with Gasteiger partial charge >= 0.3 is 0 Å². The summed E-state index contributed by atoms with van der Waals surface area (Å²) in [4.78, 5) is 15.6. The molecule has 1 aromatic heterocycles. The van der Waals surface area contributed by atoms with Crippen LogP contribution in [-0.4, -0.2) is 39.9 Å². The van der Waals surface area contributed by atoms with Gasteiger partial charge in [0.25, 0.3) is 0 Å². The van der Waals surface area contributed by atoms with Crippen LogP contribution in [-0.2, 0) is 11.2 Å². The van der Waals surface area contributed by atoms with Crippen molar-refractivity contribution in [1.82, 2.24) is 20.1 Å². The lowest BCUT2D eigenvalue weighted by molar-refractivity contribution is -0.119. The summed E-state index contributed by atoms with van der Waals surface area (Å²) >= 11 is 0. The summed E-state index contributed by atoms with van der Waals surface area (Å²) in [6.45, 7) is 1.12. The van der Waals surface area contributed by atoms with Gasteiger partial charge in [-0.25, -0.2) is 9.67 Å². The van der Waals surface area contributed by atoms with Crippen LogP contribution in [0.3, 0.4) is 0 Å². The fourth-order valence-electron chi connectivity index (χ4n) is 2.83. The first kappa shape index (κ1) is 13.1. The van der Waals surface area contributed by atoms with Crippen LogP contribution in [0.1, 0.15) is 18.7 Å². The lowest BCUT2D eigenvalue weighted by Gasteiger charge is -2.19. The second kappa shape index (κ2) is 5.32. The Bertz CT molecular complexity index is 713. The number of ether oxygens (including phenoxy) is 2. The van der Waals surface area contributed by atoms with Gasteiger partial charge in [-0.15, -0.1) is 0 Å². The Kier molecular flexibility index (Phi) is 3.17. The largest absolute Gasteiger partial charge is 0.486 e. The number of carbonyl (C=O) groups excluding carboxylic acids is 1. The van der Waals surface area contributed by atoms with Crippen molar-refractivity contribution in [3.05, 3.63) is 30.4 Å². The molecule has 22 heavy (non-hydrogen) atoms. The van der Waals surface area contributed by atoms with E-state index >= 15 is 0 Å². The number of nitrogens with zero attached hydrogens (tertiary/aromatic N) is 3. The zero-order chi connectivity index (χ0) is 14.9. The van der Waals surface area contributed by atoms with E-state index in [4.69, 9.17) is 9.47 Å². The second-order valence-corrected chi connectivity index (χ2v) is 5.42. The summed E-state index contributed by atoms with van der Waals surface area (Å²) in [6.07, 6.45) is 3.62. The predicted molar refractivity (Wildman–Crippen MR) is 77.2 cm³/mol. The van der Waals surface area contributed by atoms with Crippen molar-refractivity contribution in [2.24, 2.45) is 0 Å². The van der Waals surface area contributed by atoms with E-state index in [-0.39, 0.29) is 11.9 Å². The maximum absolute atomic E-state index is 11.3. The van der Waals surface area contributed by atoms with Crippen molar-refractivity contribution in [3.63, 3.8) is 0 Å². The number of aromatic nitrogens is 3. The van der Waals surface area contributed by atoms with Crippen LogP contribution in [0.25, 0.3) is 5.69 Å². The maximum atomic E-state index is 11.3. The van der Waals surface area contributed by atoms with Gasteiger partial charge in [0.1, 0.15) is 25.4 Å². The SMILES string of the molecule is O=C1CC[C@H](Cc2ncnn2-c2ccc3c(c2)OCCO3)N1. The molecule has 1 N–H and O–H groups in total. The van der Waals surface area contributed by atoms with Crippen molar-refractivity contribution in [2.45, 2.75) is 25.3 Å². The zero-order valence-corrected chi connectivity index (χ0v) is 12.0. The van der Waals surface area contributed by atoms with Gasteiger partial charge < -0.3 is 14.8 Å². The fraction of sp³-hybridized carbons (Fsp3) is 0.400. The van der Waals surface area contributed by atoms with Crippen LogP contribution in [0.4, 0.5) is 0 Å². The molecule has 0 unspecified atom stereocenters. The van der Waals surface area contributed by atoms with Gasteiger partial charge in [0.05, 0.1) is 5.69 Å². The van der Waals surface area contributed by atoms with Gasteiger partial charge in [0.15, 0.2) is 11.5 Å². The van der Waals surface area contributed by atoms with Crippen molar-refractivity contribution in [1.29, 1.82) is 0 Å². The molecule has 7 heteroatoms. The minimum atomic E-state index is 0.107. The summed E-state index contributed by atoms with van der Waals surface area (Å²) < 4.78 is 12.9. The number of nitrogens with one attached hydrogen (secondary N) is 1. The smallest absolute Gasteiger partial charge is 0.220 e. The first-order valence-electron chi connectivity index (χ1n) is 7.38. The van der Waals surface area contributed by atoms with E-state index in [9.17, 15) is 4.79 Å². The zero-order valence-electron chi connectivity index (χ0n) is 12.0. The van der Waals surface area contributed by atoms with E-state index < -0.39 is 0 Å². The van der Waals surface area contributed by atoms with Crippen LogP contribution in [0.5, 0.6) is 11.5 Å². The molecule has 1 atom stereocenters. The Morgan fingerprint density at radius 1 is 1.27 bits per heavy atom. The average Bonchev–Trinajstić information content (AvgIpc) is 3.16. The van der Waals surface area contributed by atoms with Crippen LogP contribution in [0.2, 0.25) is 0 Å². The molecular formula is C15H16N4O3. The molecule has 1 fully saturated rings. The van der Waals surface area contributed by atoms with Crippen molar-refractivity contribution < 1.29 is 14.3 Å². The van der Waals surface area contributed by atoms with E-state index in [1.165, 1.54) is 6.33 Å². The summed E-state index contributed by atoms with van der Waals surface area (Å²) in [7, 11) is 0. The van der Waals surface area contributed by atoms with Crippen molar-refractivity contribution in [3.8, 4) is 17.2 Å². The molecule has 0 spiro atoms. The summed E-state index contributed by atoms with van der Waals surface area (Å²) in [6, 6.07) is 5.85. The Morgan fingerprint density at radius 2 is 2.14 bits per heavy atom. The highest BCUT2D eigenvalue weighted by molar-refractivity contribution is 5.78. The van der Waals surface area contributed by atoms with E-state index in [0.29, 0.717) is 26.1 Å². The number of carbonyl (C=O) groups is 1. The standard InChI is InChI=1S/C15H16N4O3/c20-15-4-1-10(18-15)7-14-16-9-17-19(14)11-2-3-12-13(8-11)22-6-5-21-12/h2-3,8-10H,1,4-7H2,(H,18,20)/t10-/m1/s1. The molecule has 0 saturated carbocycles. The summed E-state index contributed by atoms with van der Waals surface area (Å²) in [5, 5.41) is 7.25. The second-order valence-electron chi connectivity index (χ2n) is 5.42. The summed E-state index contributed by atoms with van der Waals surface area (Å²) in [5.74, 6) is 2.40. The molecule has 2 aliphatic heterocycles. The molecule has 0 bridgehead atoms. The van der Waals surface area contributed by atoms with Gasteiger partial charge in [-0.05, 0) is 18.6 Å². The molecule has 1 aromatic carbocycles. The van der Waals surface area contributed by atoms with Crippen molar-refractivity contribution in [2.75, 3.05) is 13.2 Å². The van der Waals surface area contributed by atoms with Crippen LogP contribution >= 0.6 is 0 Å². The monoisotopic (exact) mass is 300 g/mol. The Balaban J connectivity index is 1.60. The normalized spacial score (nSPS) is 20.0. The topological polar surface area (TPSA) is 78.3 Å². The molecule has 0 aliphatic carbocycles. The Hall–Kier alpha value is -2.57. The number of hydrogen-bond acceptors (Lipinski definition) is 5. The van der Waals surface area contributed by atoms with E-state index in [2.05, 4.69) is 15.4 Å². The number of hydrogen-bond donors (Lipinski definition) is 1. The molecule has 0 radical (unpaired) electrons. The van der Waals surface area contributed by atoms with Crippen LogP contribution in [0, 0.1) is 0 Å². The van der Waals surface area contributed by atoms with E-state index in [0.717, 1.165) is 29.4 Å². The average molecular weight is 300 g/mol. The van der Waals surface area contributed by atoms with E-state index in [1.54, 1.807) is 4.68 Å². The molecule has 3 heterocycles. The quantitative estimate of drug-likeness (QED) is 0.909. The third-order valence-electron chi connectivity index (χ3n) is 3.90. The van der Waals surface area contributed by atoms with Gasteiger partial charge in [0.2, 0.25) is 5.91 Å². The molecule has 1 amide bonds. The van der Waals surface area contributed by atoms with Gasteiger partial charge in [-0.2, -0.15) is 5.10 Å². The minimum Gasteiger partial charge on any atom is -0.486 e. The Morgan fingerprint density at radius 3 is 2.95 bits per heavy atom. The van der Waals surface area contributed by atoms with Gasteiger partial charge in [0, 0.05) is 24.9 Å². The lowest BCUT2D eigenvalue weighted by atomic mass is 10.1. The lowest BCUT2D eigenvalue weighted by Crippen LogP contribution is -2.28. The van der Waals surface area contributed by atoms with Crippen LogP contribution in [0.15, 0.2) is 24.5 Å². The highest BCUT2D eigenvalue weighted by Crippen LogP contribution is 2.32. The number of rotatable bonds is 3. The first-order valence-corrected chi connectivity index (χ1v) is 7.38. The third kappa shape index (κ3) is 2.38. The summed E-state index contributed by atoms with van der Waals surface area (Å²) in [5.41, 5.74) is 0.876. The Labute approximate surface area is 127 Å². The third-order valence-corrected chi connectivity index (χ3v) is 3.90. The molecule has 2 aliphatic rings. The first-order chi connectivity index (χ1) is 10.8. The number of amides is 1. The fourth-order valence-corrected chi connectivity index (χ4v) is 2.83. The van der Waals surface area contributed by atoms with Crippen LogP contribution < -0.4 is 14.8 Å². The van der Waals surface area contributed by atoms with Crippen molar-refractivity contribution >= 4 is 5.91 Å². The highest BCUT2D eigenvalue weighted by atomic mass is 16.6. The number of benzene rings is 1. The number of fused-ring (bicyclic) bond motifs is 1. The van der Waals surface area contributed by atoms with Gasteiger partial charge in [-0.1, -0.05) is 0 Å². The molecule has 114 valence electrons. The minimum absolute atomic E-state index is 0.107. The van der Waals surface area contributed by atoms with E-state index in [1.807, 2.05) is 18.2 Å². The molecule has 2 aromatic rings. The van der Waals surface area contributed by atoms with Gasteiger partial charge in [-0.3, -0.25) is 4.79 Å². The molecular weight excluding hydrogens is 284 g/mol.